The van der Waals surface area contributed by atoms with E-state index in [1.807, 2.05) is 0 Å². The van der Waals surface area contributed by atoms with E-state index in [2.05, 4.69) is 55.1 Å². The average Bonchev–Trinajstić information content (AvgIpc) is 3.30. The van der Waals surface area contributed by atoms with Crippen LogP contribution < -0.4 is 10.6 Å². The first-order valence-corrected chi connectivity index (χ1v) is 7.67. The van der Waals surface area contributed by atoms with Gasteiger partial charge in [-0.3, -0.25) is 0 Å². The molecule has 1 aromatic heterocycles. The summed E-state index contributed by atoms with van der Waals surface area (Å²) in [6.45, 7) is 5.65. The Labute approximate surface area is 126 Å². The fraction of sp³-hybridized carbons (Fsp3) is 0.389. The monoisotopic (exact) mass is 281 g/mol. The molecule has 0 bridgehead atoms. The molecule has 0 aliphatic heterocycles. The summed E-state index contributed by atoms with van der Waals surface area (Å²) >= 11 is 0. The Morgan fingerprint density at radius 3 is 2.52 bits per heavy atom. The Hall–Kier alpha value is -1.87. The van der Waals surface area contributed by atoms with Crippen LogP contribution in [0.4, 0.5) is 5.82 Å². The number of hydrogen-bond acceptors (Lipinski definition) is 3. The SMILES string of the molecule is Cc1cc(C)c(CN)c(N(Cc2ccccc2)C2CC2)n1. The Kier molecular flexibility index (Phi) is 3.93. The number of nitrogens with two attached hydrogens (primary N) is 1. The lowest BCUT2D eigenvalue weighted by atomic mass is 10.1. The van der Waals surface area contributed by atoms with Crippen LogP contribution in [-0.4, -0.2) is 11.0 Å². The average molecular weight is 281 g/mol. The first-order valence-electron chi connectivity index (χ1n) is 7.67. The van der Waals surface area contributed by atoms with Crippen LogP contribution in [0.2, 0.25) is 0 Å². The second-order valence-electron chi connectivity index (χ2n) is 5.93. The summed E-state index contributed by atoms with van der Waals surface area (Å²) < 4.78 is 0. The summed E-state index contributed by atoms with van der Waals surface area (Å²) in [5.74, 6) is 1.08. The predicted octanol–water partition coefficient (Wildman–Crippen LogP) is 3.33. The molecule has 0 spiro atoms. The van der Waals surface area contributed by atoms with Gasteiger partial charge in [0.25, 0.3) is 0 Å². The van der Waals surface area contributed by atoms with Crippen molar-refractivity contribution in [2.24, 2.45) is 5.73 Å². The van der Waals surface area contributed by atoms with E-state index in [-0.39, 0.29) is 0 Å². The van der Waals surface area contributed by atoms with Gasteiger partial charge in [0.2, 0.25) is 0 Å². The zero-order valence-electron chi connectivity index (χ0n) is 12.8. The molecule has 3 heteroatoms. The van der Waals surface area contributed by atoms with Crippen molar-refractivity contribution in [3.05, 3.63) is 58.8 Å². The minimum atomic E-state index is 0.548. The number of rotatable bonds is 5. The molecular formula is C18H23N3. The Morgan fingerprint density at radius 2 is 1.90 bits per heavy atom. The Bertz CT molecular complexity index is 618. The summed E-state index contributed by atoms with van der Waals surface area (Å²) in [5.41, 5.74) is 10.8. The summed E-state index contributed by atoms with van der Waals surface area (Å²) in [6, 6.07) is 13.4. The van der Waals surface area contributed by atoms with Crippen LogP contribution in [0.1, 0.15) is 35.2 Å². The molecule has 0 saturated heterocycles. The lowest BCUT2D eigenvalue weighted by molar-refractivity contribution is 0.763. The zero-order chi connectivity index (χ0) is 14.8. The fourth-order valence-corrected chi connectivity index (χ4v) is 2.88. The molecular weight excluding hydrogens is 258 g/mol. The highest BCUT2D eigenvalue weighted by atomic mass is 15.2. The maximum Gasteiger partial charge on any atom is 0.134 e. The smallest absolute Gasteiger partial charge is 0.134 e. The molecule has 0 amide bonds. The first kappa shape index (κ1) is 14.1. The number of aryl methyl sites for hydroxylation is 2. The van der Waals surface area contributed by atoms with Crippen LogP contribution in [0, 0.1) is 13.8 Å². The van der Waals surface area contributed by atoms with Crippen molar-refractivity contribution in [2.45, 2.75) is 45.8 Å². The van der Waals surface area contributed by atoms with E-state index in [9.17, 15) is 0 Å². The lowest BCUT2D eigenvalue weighted by Gasteiger charge is -2.27. The fourth-order valence-electron chi connectivity index (χ4n) is 2.88. The maximum atomic E-state index is 5.99. The van der Waals surface area contributed by atoms with Crippen molar-refractivity contribution >= 4 is 5.82 Å². The van der Waals surface area contributed by atoms with Crippen LogP contribution in [0.15, 0.2) is 36.4 Å². The lowest BCUT2D eigenvalue weighted by Crippen LogP contribution is -2.28. The van der Waals surface area contributed by atoms with E-state index < -0.39 is 0 Å². The van der Waals surface area contributed by atoms with Crippen LogP contribution in [-0.2, 0) is 13.1 Å². The van der Waals surface area contributed by atoms with Gasteiger partial charge in [-0.2, -0.15) is 0 Å². The molecule has 1 aromatic carbocycles. The number of anilines is 1. The highest BCUT2D eigenvalue weighted by Gasteiger charge is 2.31. The van der Waals surface area contributed by atoms with Crippen molar-refractivity contribution in [1.29, 1.82) is 0 Å². The third-order valence-electron chi connectivity index (χ3n) is 4.11. The van der Waals surface area contributed by atoms with Gasteiger partial charge >= 0.3 is 0 Å². The molecule has 2 aromatic rings. The third-order valence-corrected chi connectivity index (χ3v) is 4.11. The molecule has 21 heavy (non-hydrogen) atoms. The largest absolute Gasteiger partial charge is 0.349 e. The van der Waals surface area contributed by atoms with Crippen molar-refractivity contribution < 1.29 is 0 Å². The third kappa shape index (κ3) is 3.08. The molecule has 0 unspecified atom stereocenters. The van der Waals surface area contributed by atoms with Gasteiger partial charge in [-0.1, -0.05) is 30.3 Å². The zero-order valence-corrected chi connectivity index (χ0v) is 12.8. The van der Waals surface area contributed by atoms with Crippen LogP contribution in [0.25, 0.3) is 0 Å². The van der Waals surface area contributed by atoms with Crippen molar-refractivity contribution in [2.75, 3.05) is 4.90 Å². The highest BCUT2D eigenvalue weighted by Crippen LogP contribution is 2.34. The van der Waals surface area contributed by atoms with Crippen molar-refractivity contribution in [3.8, 4) is 0 Å². The molecule has 110 valence electrons. The molecule has 0 radical (unpaired) electrons. The predicted molar refractivity (Wildman–Crippen MR) is 87.2 cm³/mol. The van der Waals surface area contributed by atoms with E-state index in [1.165, 1.54) is 29.5 Å². The maximum absolute atomic E-state index is 5.99. The topological polar surface area (TPSA) is 42.1 Å². The van der Waals surface area contributed by atoms with Gasteiger partial charge in [0.15, 0.2) is 0 Å². The minimum absolute atomic E-state index is 0.548. The summed E-state index contributed by atoms with van der Waals surface area (Å²) in [7, 11) is 0. The van der Waals surface area contributed by atoms with Gasteiger partial charge in [-0.25, -0.2) is 4.98 Å². The van der Waals surface area contributed by atoms with Crippen LogP contribution in [0.3, 0.4) is 0 Å². The molecule has 1 saturated carbocycles. The molecule has 0 atom stereocenters. The Balaban J connectivity index is 1.98. The standard InChI is InChI=1S/C18H23N3/c1-13-10-14(2)20-18(17(13)11-19)21(16-8-9-16)12-15-6-4-3-5-7-15/h3-7,10,16H,8-9,11-12,19H2,1-2H3. The Morgan fingerprint density at radius 1 is 1.19 bits per heavy atom. The van der Waals surface area contributed by atoms with Gasteiger partial charge in [0.05, 0.1) is 0 Å². The quantitative estimate of drug-likeness (QED) is 0.914. The van der Waals surface area contributed by atoms with E-state index in [4.69, 9.17) is 10.7 Å². The number of hydrogen-bond donors (Lipinski definition) is 1. The van der Waals surface area contributed by atoms with Crippen LogP contribution >= 0.6 is 0 Å². The molecule has 2 N–H and O–H groups in total. The number of benzene rings is 1. The summed E-state index contributed by atoms with van der Waals surface area (Å²) in [6.07, 6.45) is 2.51. The molecule has 1 heterocycles. The number of nitrogens with zero attached hydrogens (tertiary/aromatic N) is 2. The van der Waals surface area contributed by atoms with Crippen molar-refractivity contribution in [1.82, 2.24) is 4.98 Å². The van der Waals surface area contributed by atoms with E-state index in [0.29, 0.717) is 12.6 Å². The number of pyridine rings is 1. The van der Waals surface area contributed by atoms with Crippen LogP contribution in [0.5, 0.6) is 0 Å². The van der Waals surface area contributed by atoms with Gasteiger partial charge in [0, 0.05) is 30.4 Å². The summed E-state index contributed by atoms with van der Waals surface area (Å²) in [4.78, 5) is 7.25. The minimum Gasteiger partial charge on any atom is -0.349 e. The molecule has 1 aliphatic carbocycles. The second-order valence-corrected chi connectivity index (χ2v) is 5.93. The molecule has 3 rings (SSSR count). The van der Waals surface area contributed by atoms with Gasteiger partial charge in [-0.05, 0) is 43.9 Å². The van der Waals surface area contributed by atoms with E-state index in [1.54, 1.807) is 0 Å². The van der Waals surface area contributed by atoms with Gasteiger partial charge < -0.3 is 10.6 Å². The van der Waals surface area contributed by atoms with Gasteiger partial charge in [0.1, 0.15) is 5.82 Å². The summed E-state index contributed by atoms with van der Waals surface area (Å²) in [5, 5.41) is 0. The first-order chi connectivity index (χ1) is 10.2. The highest BCUT2D eigenvalue weighted by molar-refractivity contribution is 5.53. The molecule has 1 fully saturated rings. The normalized spacial score (nSPS) is 14.2. The second kappa shape index (κ2) is 5.86. The molecule has 1 aliphatic rings. The van der Waals surface area contributed by atoms with E-state index in [0.717, 1.165) is 18.1 Å². The van der Waals surface area contributed by atoms with Gasteiger partial charge in [-0.15, -0.1) is 0 Å². The number of aromatic nitrogens is 1. The van der Waals surface area contributed by atoms with Crippen molar-refractivity contribution in [3.63, 3.8) is 0 Å². The van der Waals surface area contributed by atoms with E-state index >= 15 is 0 Å². The molecule has 3 nitrogen and oxygen atoms in total.